The van der Waals surface area contributed by atoms with Crippen molar-refractivity contribution >= 4 is 0 Å². The largest absolute Gasteiger partial charge is 0.330 e. The summed E-state index contributed by atoms with van der Waals surface area (Å²) in [5.74, 6) is 0. The van der Waals surface area contributed by atoms with E-state index in [2.05, 4.69) is 15.3 Å². The van der Waals surface area contributed by atoms with Gasteiger partial charge in [0.15, 0.2) is 0 Å². The summed E-state index contributed by atoms with van der Waals surface area (Å²) in [5, 5.41) is 8.10. The van der Waals surface area contributed by atoms with Gasteiger partial charge in [-0.1, -0.05) is 11.3 Å². The molecule has 0 aromatic carbocycles. The van der Waals surface area contributed by atoms with E-state index in [4.69, 9.17) is 5.73 Å². The number of rotatable bonds is 4. The van der Waals surface area contributed by atoms with E-state index in [1.807, 2.05) is 31.5 Å². The Morgan fingerprint density at radius 1 is 1.31 bits per heavy atom. The monoisotopic (exact) mass is 217 g/mol. The van der Waals surface area contributed by atoms with Crippen LogP contribution in [0.5, 0.6) is 0 Å². The molecule has 2 heterocycles. The van der Waals surface area contributed by atoms with Crippen molar-refractivity contribution in [2.75, 3.05) is 6.54 Å². The van der Waals surface area contributed by atoms with Crippen LogP contribution >= 0.6 is 0 Å². The van der Waals surface area contributed by atoms with Crippen LogP contribution < -0.4 is 5.73 Å². The van der Waals surface area contributed by atoms with Crippen molar-refractivity contribution in [1.29, 1.82) is 0 Å². The molecular weight excluding hydrogens is 202 g/mol. The molecule has 0 radical (unpaired) electrons. The minimum Gasteiger partial charge on any atom is -0.330 e. The molecule has 0 fully saturated rings. The maximum absolute atomic E-state index is 5.44. The van der Waals surface area contributed by atoms with Crippen LogP contribution in [0, 0.1) is 6.92 Å². The van der Waals surface area contributed by atoms with Crippen LogP contribution in [0.3, 0.4) is 0 Å². The van der Waals surface area contributed by atoms with Crippen LogP contribution in [-0.2, 0) is 6.54 Å². The Kier molecular flexibility index (Phi) is 3.26. The highest BCUT2D eigenvalue weighted by Crippen LogP contribution is 2.12. The van der Waals surface area contributed by atoms with Crippen molar-refractivity contribution in [3.63, 3.8) is 0 Å². The molecule has 2 rings (SSSR count). The molecule has 0 atom stereocenters. The molecule has 0 amide bonds. The predicted octanol–water partition coefficient (Wildman–Crippen LogP) is 0.997. The molecule has 0 aliphatic carbocycles. The predicted molar refractivity (Wildman–Crippen MR) is 61.7 cm³/mol. The van der Waals surface area contributed by atoms with Gasteiger partial charge < -0.3 is 5.73 Å². The molecule has 2 N–H and O–H groups in total. The summed E-state index contributed by atoms with van der Waals surface area (Å²) in [6.07, 6.45) is 4.63. The van der Waals surface area contributed by atoms with Crippen molar-refractivity contribution in [3.8, 4) is 11.4 Å². The number of hydrogen-bond donors (Lipinski definition) is 1. The number of pyridine rings is 1. The fourth-order valence-electron chi connectivity index (χ4n) is 1.40. The molecule has 0 bridgehead atoms. The highest BCUT2D eigenvalue weighted by Gasteiger charge is 2.04. The van der Waals surface area contributed by atoms with Gasteiger partial charge in [-0.3, -0.25) is 9.67 Å². The normalized spacial score (nSPS) is 10.6. The zero-order valence-corrected chi connectivity index (χ0v) is 9.30. The molecule has 16 heavy (non-hydrogen) atoms. The highest BCUT2D eigenvalue weighted by atomic mass is 15.4. The molecule has 0 aliphatic heterocycles. The third-order valence-electron chi connectivity index (χ3n) is 2.30. The van der Waals surface area contributed by atoms with Crippen molar-refractivity contribution < 1.29 is 0 Å². The molecule has 0 saturated heterocycles. The first-order chi connectivity index (χ1) is 7.79. The third-order valence-corrected chi connectivity index (χ3v) is 2.30. The summed E-state index contributed by atoms with van der Waals surface area (Å²) >= 11 is 0. The number of hydrogen-bond acceptors (Lipinski definition) is 4. The van der Waals surface area contributed by atoms with Gasteiger partial charge in [0, 0.05) is 12.7 Å². The average molecular weight is 217 g/mol. The SMILES string of the molecule is Cc1ccc(-c2cn(CCCN)nn2)nc1. The lowest BCUT2D eigenvalue weighted by Crippen LogP contribution is -2.06. The van der Waals surface area contributed by atoms with Gasteiger partial charge in [0.1, 0.15) is 5.69 Å². The summed E-state index contributed by atoms with van der Waals surface area (Å²) < 4.78 is 1.80. The zero-order valence-electron chi connectivity index (χ0n) is 9.30. The van der Waals surface area contributed by atoms with Gasteiger partial charge in [-0.05, 0) is 31.5 Å². The molecule has 84 valence electrons. The standard InChI is InChI=1S/C11H15N5/c1-9-3-4-10(13-7-9)11-8-16(15-14-11)6-2-5-12/h3-4,7-8H,2,5-6,12H2,1H3. The molecule has 2 aromatic rings. The minimum atomic E-state index is 0.665. The minimum absolute atomic E-state index is 0.665. The van der Waals surface area contributed by atoms with Crippen molar-refractivity contribution in [2.45, 2.75) is 19.9 Å². The molecular formula is C11H15N5. The first kappa shape index (κ1) is 10.8. The smallest absolute Gasteiger partial charge is 0.131 e. The molecule has 0 spiro atoms. The van der Waals surface area contributed by atoms with Crippen LogP contribution in [0.15, 0.2) is 24.5 Å². The summed E-state index contributed by atoms with van der Waals surface area (Å²) in [7, 11) is 0. The fourth-order valence-corrected chi connectivity index (χ4v) is 1.40. The van der Waals surface area contributed by atoms with Crippen molar-refractivity contribution in [2.24, 2.45) is 5.73 Å². The fraction of sp³-hybridized carbons (Fsp3) is 0.364. The number of nitrogens with two attached hydrogens (primary N) is 1. The molecule has 5 nitrogen and oxygen atoms in total. The van der Waals surface area contributed by atoms with Gasteiger partial charge in [0.25, 0.3) is 0 Å². The summed E-state index contributed by atoms with van der Waals surface area (Å²) in [5.41, 5.74) is 8.23. The Bertz CT molecular complexity index is 446. The van der Waals surface area contributed by atoms with Gasteiger partial charge >= 0.3 is 0 Å². The van der Waals surface area contributed by atoms with Crippen molar-refractivity contribution in [3.05, 3.63) is 30.1 Å². The molecule has 5 heteroatoms. The van der Waals surface area contributed by atoms with Gasteiger partial charge in [-0.2, -0.15) is 0 Å². The average Bonchev–Trinajstić information content (AvgIpc) is 2.76. The zero-order chi connectivity index (χ0) is 11.4. The Labute approximate surface area is 94.3 Å². The van der Waals surface area contributed by atoms with E-state index in [0.29, 0.717) is 6.54 Å². The van der Waals surface area contributed by atoms with Gasteiger partial charge in [0.05, 0.1) is 11.9 Å². The Balaban J connectivity index is 2.15. The van der Waals surface area contributed by atoms with E-state index >= 15 is 0 Å². The first-order valence-corrected chi connectivity index (χ1v) is 5.33. The second kappa shape index (κ2) is 4.85. The van der Waals surface area contributed by atoms with Crippen LogP contribution in [0.4, 0.5) is 0 Å². The second-order valence-corrected chi connectivity index (χ2v) is 3.73. The molecule has 0 aliphatic rings. The Morgan fingerprint density at radius 2 is 2.19 bits per heavy atom. The van der Waals surface area contributed by atoms with Crippen LogP contribution in [-0.4, -0.2) is 26.5 Å². The maximum atomic E-state index is 5.44. The summed E-state index contributed by atoms with van der Waals surface area (Å²) in [6.45, 7) is 3.47. The lowest BCUT2D eigenvalue weighted by atomic mass is 10.2. The molecule has 0 unspecified atom stereocenters. The van der Waals surface area contributed by atoms with Gasteiger partial charge in [-0.25, -0.2) is 0 Å². The Morgan fingerprint density at radius 3 is 2.88 bits per heavy atom. The maximum Gasteiger partial charge on any atom is 0.131 e. The summed E-state index contributed by atoms with van der Waals surface area (Å²) in [4.78, 5) is 4.30. The molecule has 2 aromatic heterocycles. The van der Waals surface area contributed by atoms with Crippen molar-refractivity contribution in [1.82, 2.24) is 20.0 Å². The topological polar surface area (TPSA) is 69.6 Å². The van der Waals surface area contributed by atoms with E-state index in [9.17, 15) is 0 Å². The van der Waals surface area contributed by atoms with E-state index < -0.39 is 0 Å². The van der Waals surface area contributed by atoms with E-state index in [0.717, 1.165) is 29.9 Å². The Hall–Kier alpha value is -1.75. The number of aryl methyl sites for hydroxylation is 2. The highest BCUT2D eigenvalue weighted by molar-refractivity contribution is 5.51. The van der Waals surface area contributed by atoms with Crippen LogP contribution in [0.2, 0.25) is 0 Å². The van der Waals surface area contributed by atoms with E-state index in [1.165, 1.54) is 0 Å². The third kappa shape index (κ3) is 2.43. The lowest BCUT2D eigenvalue weighted by molar-refractivity contribution is 0.564. The summed E-state index contributed by atoms with van der Waals surface area (Å²) in [6, 6.07) is 3.97. The quantitative estimate of drug-likeness (QED) is 0.829. The lowest BCUT2D eigenvalue weighted by Gasteiger charge is -1.96. The molecule has 0 saturated carbocycles. The second-order valence-electron chi connectivity index (χ2n) is 3.73. The van der Waals surface area contributed by atoms with E-state index in [-0.39, 0.29) is 0 Å². The van der Waals surface area contributed by atoms with E-state index in [1.54, 1.807) is 4.68 Å². The number of nitrogens with zero attached hydrogens (tertiary/aromatic N) is 4. The van der Waals surface area contributed by atoms with Crippen LogP contribution in [0.25, 0.3) is 11.4 Å². The first-order valence-electron chi connectivity index (χ1n) is 5.33. The number of aromatic nitrogens is 4. The van der Waals surface area contributed by atoms with Gasteiger partial charge in [-0.15, -0.1) is 5.10 Å². The van der Waals surface area contributed by atoms with Crippen LogP contribution in [0.1, 0.15) is 12.0 Å². The van der Waals surface area contributed by atoms with Gasteiger partial charge in [0.2, 0.25) is 0 Å².